The molecule has 1 atom stereocenters. The molecule has 1 unspecified atom stereocenters. The molecule has 0 bridgehead atoms. The third-order valence-electron chi connectivity index (χ3n) is 1.45. The van der Waals surface area contributed by atoms with Gasteiger partial charge in [0.25, 0.3) is 0 Å². The molecule has 0 aliphatic carbocycles. The lowest BCUT2D eigenvalue weighted by atomic mass is 10.3. The first-order chi connectivity index (χ1) is 6.50. The second kappa shape index (κ2) is 5.08. The van der Waals surface area contributed by atoms with E-state index in [0.29, 0.717) is 20.8 Å². The smallest absolute Gasteiger partial charge is 0.139 e. The molecule has 0 heterocycles. The zero-order valence-corrected chi connectivity index (χ0v) is 9.70. The van der Waals surface area contributed by atoms with Crippen LogP contribution in [-0.2, 0) is 0 Å². The standard InChI is InChI=1S/C9H9Cl3O2/c1-5(13)4-14-9-3-7(11)6(10)2-8(9)12/h2-3,5,13H,4H2,1H3. The summed E-state index contributed by atoms with van der Waals surface area (Å²) in [6, 6.07) is 3.03. The van der Waals surface area contributed by atoms with Crippen LogP contribution in [0.25, 0.3) is 0 Å². The molecule has 0 aliphatic rings. The minimum Gasteiger partial charge on any atom is -0.489 e. The Morgan fingerprint density at radius 2 is 1.79 bits per heavy atom. The summed E-state index contributed by atoms with van der Waals surface area (Å²) in [5, 5.41) is 10.1. The molecule has 0 amide bonds. The van der Waals surface area contributed by atoms with Crippen molar-refractivity contribution in [1.29, 1.82) is 0 Å². The fourth-order valence-electron chi connectivity index (χ4n) is 0.825. The van der Waals surface area contributed by atoms with Gasteiger partial charge in [-0.25, -0.2) is 0 Å². The maximum Gasteiger partial charge on any atom is 0.139 e. The number of halogens is 3. The largest absolute Gasteiger partial charge is 0.489 e. The fourth-order valence-corrected chi connectivity index (χ4v) is 1.42. The van der Waals surface area contributed by atoms with Crippen LogP contribution in [0.1, 0.15) is 6.92 Å². The van der Waals surface area contributed by atoms with Crippen LogP contribution >= 0.6 is 34.8 Å². The highest BCUT2D eigenvalue weighted by molar-refractivity contribution is 6.43. The molecule has 0 radical (unpaired) electrons. The molecule has 1 aromatic carbocycles. The summed E-state index contributed by atoms with van der Waals surface area (Å²) in [6.07, 6.45) is -0.555. The lowest BCUT2D eigenvalue weighted by molar-refractivity contribution is 0.123. The average molecular weight is 256 g/mol. The average Bonchev–Trinajstić information content (AvgIpc) is 2.09. The van der Waals surface area contributed by atoms with Gasteiger partial charge in [0, 0.05) is 6.07 Å². The number of aliphatic hydroxyl groups excluding tert-OH is 1. The first kappa shape index (κ1) is 11.9. The van der Waals surface area contributed by atoms with E-state index in [1.165, 1.54) is 12.1 Å². The van der Waals surface area contributed by atoms with Crippen molar-refractivity contribution in [3.63, 3.8) is 0 Å². The predicted molar refractivity (Wildman–Crippen MR) is 58.6 cm³/mol. The van der Waals surface area contributed by atoms with Crippen molar-refractivity contribution in [3.8, 4) is 5.75 Å². The third-order valence-corrected chi connectivity index (χ3v) is 2.47. The first-order valence-corrected chi connectivity index (χ1v) is 5.09. The van der Waals surface area contributed by atoms with Gasteiger partial charge < -0.3 is 9.84 Å². The molecular weight excluding hydrogens is 246 g/mol. The topological polar surface area (TPSA) is 29.5 Å². The summed E-state index contributed by atoms with van der Waals surface area (Å²) < 4.78 is 5.21. The van der Waals surface area contributed by atoms with Crippen molar-refractivity contribution in [3.05, 3.63) is 27.2 Å². The normalized spacial score (nSPS) is 12.6. The van der Waals surface area contributed by atoms with E-state index in [-0.39, 0.29) is 6.61 Å². The van der Waals surface area contributed by atoms with Crippen molar-refractivity contribution in [2.24, 2.45) is 0 Å². The van der Waals surface area contributed by atoms with Gasteiger partial charge in [0.15, 0.2) is 0 Å². The zero-order valence-electron chi connectivity index (χ0n) is 7.43. The molecule has 78 valence electrons. The van der Waals surface area contributed by atoms with Crippen molar-refractivity contribution >= 4 is 34.8 Å². The quantitative estimate of drug-likeness (QED) is 0.839. The summed E-state index contributed by atoms with van der Waals surface area (Å²) in [6.45, 7) is 1.78. The number of aliphatic hydroxyl groups is 1. The number of hydrogen-bond acceptors (Lipinski definition) is 2. The Bertz CT molecular complexity index is 326. The highest BCUT2D eigenvalue weighted by atomic mass is 35.5. The van der Waals surface area contributed by atoms with Gasteiger partial charge in [-0.15, -0.1) is 0 Å². The van der Waals surface area contributed by atoms with Crippen LogP contribution in [0.5, 0.6) is 5.75 Å². The van der Waals surface area contributed by atoms with E-state index in [1.54, 1.807) is 6.92 Å². The molecule has 0 spiro atoms. The molecule has 0 aromatic heterocycles. The van der Waals surface area contributed by atoms with E-state index >= 15 is 0 Å². The summed E-state index contributed by atoms with van der Waals surface area (Å²) in [4.78, 5) is 0. The van der Waals surface area contributed by atoms with E-state index in [0.717, 1.165) is 0 Å². The highest BCUT2D eigenvalue weighted by Crippen LogP contribution is 2.33. The van der Waals surface area contributed by atoms with Crippen LogP contribution in [0.2, 0.25) is 15.1 Å². The number of benzene rings is 1. The molecule has 2 nitrogen and oxygen atoms in total. The molecule has 14 heavy (non-hydrogen) atoms. The summed E-state index contributed by atoms with van der Waals surface area (Å²) in [7, 11) is 0. The maximum absolute atomic E-state index is 9.00. The van der Waals surface area contributed by atoms with Gasteiger partial charge in [-0.05, 0) is 13.0 Å². The number of hydrogen-bond donors (Lipinski definition) is 1. The van der Waals surface area contributed by atoms with Gasteiger partial charge in [0.1, 0.15) is 12.4 Å². The predicted octanol–water partition coefficient (Wildman–Crippen LogP) is 3.41. The van der Waals surface area contributed by atoms with Crippen LogP contribution in [-0.4, -0.2) is 17.8 Å². The molecule has 1 aromatic rings. The van der Waals surface area contributed by atoms with Gasteiger partial charge in [0.2, 0.25) is 0 Å². The number of ether oxygens (including phenoxy) is 1. The Labute approximate surface area is 97.3 Å². The van der Waals surface area contributed by atoms with Crippen LogP contribution in [0.3, 0.4) is 0 Å². The molecule has 0 saturated heterocycles. The molecule has 1 N–H and O–H groups in total. The SMILES string of the molecule is CC(O)COc1cc(Cl)c(Cl)cc1Cl. The van der Waals surface area contributed by atoms with E-state index < -0.39 is 6.10 Å². The molecule has 0 saturated carbocycles. The van der Waals surface area contributed by atoms with Gasteiger partial charge in [-0.3, -0.25) is 0 Å². The molecule has 1 rings (SSSR count). The maximum atomic E-state index is 9.00. The summed E-state index contributed by atoms with van der Waals surface area (Å²) in [5.74, 6) is 0.418. The van der Waals surface area contributed by atoms with Crippen LogP contribution in [0, 0.1) is 0 Å². The first-order valence-electron chi connectivity index (χ1n) is 3.96. The van der Waals surface area contributed by atoms with Crippen molar-refractivity contribution < 1.29 is 9.84 Å². The van der Waals surface area contributed by atoms with Gasteiger partial charge >= 0.3 is 0 Å². The summed E-state index contributed by atoms with van der Waals surface area (Å²) in [5.41, 5.74) is 0. The monoisotopic (exact) mass is 254 g/mol. The third kappa shape index (κ3) is 3.21. The minimum absolute atomic E-state index is 0.164. The Balaban J connectivity index is 2.82. The van der Waals surface area contributed by atoms with Gasteiger partial charge in [0.05, 0.1) is 21.2 Å². The minimum atomic E-state index is -0.555. The van der Waals surface area contributed by atoms with Crippen molar-refractivity contribution in [2.75, 3.05) is 6.61 Å². The number of rotatable bonds is 3. The Hall–Kier alpha value is -0.150. The Kier molecular flexibility index (Phi) is 4.32. The summed E-state index contributed by atoms with van der Waals surface area (Å²) >= 11 is 17.3. The van der Waals surface area contributed by atoms with Crippen LogP contribution < -0.4 is 4.74 Å². The molecular formula is C9H9Cl3O2. The van der Waals surface area contributed by atoms with Gasteiger partial charge in [-0.2, -0.15) is 0 Å². The second-order valence-corrected chi connectivity index (χ2v) is 4.08. The highest BCUT2D eigenvalue weighted by Gasteiger charge is 2.07. The van der Waals surface area contributed by atoms with E-state index in [1.807, 2.05) is 0 Å². The van der Waals surface area contributed by atoms with Crippen LogP contribution in [0.4, 0.5) is 0 Å². The van der Waals surface area contributed by atoms with Crippen LogP contribution in [0.15, 0.2) is 12.1 Å². The Morgan fingerprint density at radius 3 is 2.36 bits per heavy atom. The second-order valence-electron chi connectivity index (χ2n) is 2.86. The molecule has 0 fully saturated rings. The zero-order chi connectivity index (χ0) is 10.7. The van der Waals surface area contributed by atoms with E-state index in [9.17, 15) is 0 Å². The van der Waals surface area contributed by atoms with Gasteiger partial charge in [-0.1, -0.05) is 34.8 Å². The lowest BCUT2D eigenvalue weighted by Crippen LogP contribution is -2.12. The molecule has 5 heteroatoms. The van der Waals surface area contributed by atoms with Crippen molar-refractivity contribution in [1.82, 2.24) is 0 Å². The fraction of sp³-hybridized carbons (Fsp3) is 0.333. The lowest BCUT2D eigenvalue weighted by Gasteiger charge is -2.10. The van der Waals surface area contributed by atoms with Crippen molar-refractivity contribution in [2.45, 2.75) is 13.0 Å². The van der Waals surface area contributed by atoms with E-state index in [2.05, 4.69) is 0 Å². The van der Waals surface area contributed by atoms with E-state index in [4.69, 9.17) is 44.6 Å². The Morgan fingerprint density at radius 1 is 1.21 bits per heavy atom. The molecule has 0 aliphatic heterocycles.